The lowest BCUT2D eigenvalue weighted by atomic mass is 10.2. The molecule has 1 N–H and O–H groups in total. The minimum Gasteiger partial charge on any atom is -0.460 e. The van der Waals surface area contributed by atoms with E-state index in [0.717, 1.165) is 24.3 Å². The van der Waals surface area contributed by atoms with E-state index >= 15 is 0 Å². The van der Waals surface area contributed by atoms with Crippen molar-refractivity contribution in [2.24, 2.45) is 7.05 Å². The zero-order chi connectivity index (χ0) is 15.8. The quantitative estimate of drug-likeness (QED) is 0.749. The summed E-state index contributed by atoms with van der Waals surface area (Å²) in [4.78, 5) is 13.7. The number of aromatic nitrogens is 2. The van der Waals surface area contributed by atoms with Crippen molar-refractivity contribution in [2.45, 2.75) is 6.61 Å². The first kappa shape index (κ1) is 16.0. The summed E-state index contributed by atoms with van der Waals surface area (Å²) in [7, 11) is 3.77. The van der Waals surface area contributed by atoms with Crippen LogP contribution in [-0.2, 0) is 23.2 Å². The van der Waals surface area contributed by atoms with Gasteiger partial charge < -0.3 is 10.1 Å². The van der Waals surface area contributed by atoms with Crippen molar-refractivity contribution in [3.05, 3.63) is 48.3 Å². The lowest BCUT2D eigenvalue weighted by molar-refractivity contribution is -0.145. The third-order valence-electron chi connectivity index (χ3n) is 3.17. The zero-order valence-electron chi connectivity index (χ0n) is 13.0. The SMILES string of the molecule is CN(CCNc1cnn(C)c1)CC(=O)OCc1ccccc1. The van der Waals surface area contributed by atoms with E-state index in [1.165, 1.54) is 0 Å². The molecule has 2 rings (SSSR count). The van der Waals surface area contributed by atoms with Gasteiger partial charge in [0.2, 0.25) is 0 Å². The van der Waals surface area contributed by atoms with Gasteiger partial charge in [-0.05, 0) is 12.6 Å². The van der Waals surface area contributed by atoms with Gasteiger partial charge in [-0.15, -0.1) is 0 Å². The molecule has 0 saturated heterocycles. The minimum absolute atomic E-state index is 0.215. The molecule has 6 heteroatoms. The van der Waals surface area contributed by atoms with Crippen LogP contribution in [0.2, 0.25) is 0 Å². The topological polar surface area (TPSA) is 59.4 Å². The first-order valence-corrected chi connectivity index (χ1v) is 7.24. The van der Waals surface area contributed by atoms with Crippen molar-refractivity contribution in [2.75, 3.05) is 32.0 Å². The number of likely N-dealkylation sites (N-methyl/N-ethyl adjacent to an activating group) is 1. The van der Waals surface area contributed by atoms with Gasteiger partial charge in [0.1, 0.15) is 6.61 Å². The van der Waals surface area contributed by atoms with Crippen molar-refractivity contribution in [3.8, 4) is 0 Å². The summed E-state index contributed by atoms with van der Waals surface area (Å²) >= 11 is 0. The van der Waals surface area contributed by atoms with Crippen molar-refractivity contribution in [1.29, 1.82) is 0 Å². The van der Waals surface area contributed by atoms with E-state index < -0.39 is 0 Å². The second kappa shape index (κ2) is 8.19. The maximum absolute atomic E-state index is 11.8. The maximum Gasteiger partial charge on any atom is 0.320 e. The number of hydrogen-bond donors (Lipinski definition) is 1. The molecule has 0 spiro atoms. The number of hydrogen-bond acceptors (Lipinski definition) is 5. The van der Waals surface area contributed by atoms with Crippen LogP contribution >= 0.6 is 0 Å². The highest BCUT2D eigenvalue weighted by Crippen LogP contribution is 2.03. The van der Waals surface area contributed by atoms with Crippen LogP contribution in [0.1, 0.15) is 5.56 Å². The second-order valence-corrected chi connectivity index (χ2v) is 5.21. The van der Waals surface area contributed by atoms with Gasteiger partial charge >= 0.3 is 5.97 Å². The fraction of sp³-hybridized carbons (Fsp3) is 0.375. The summed E-state index contributed by atoms with van der Waals surface area (Å²) in [5.41, 5.74) is 1.97. The van der Waals surface area contributed by atoms with Crippen LogP contribution in [0.5, 0.6) is 0 Å². The predicted molar refractivity (Wildman–Crippen MR) is 85.4 cm³/mol. The molecule has 0 saturated carbocycles. The van der Waals surface area contributed by atoms with E-state index in [9.17, 15) is 4.79 Å². The lowest BCUT2D eigenvalue weighted by Gasteiger charge is -2.16. The average Bonchev–Trinajstić information content (AvgIpc) is 2.92. The molecule has 0 aliphatic rings. The van der Waals surface area contributed by atoms with Crippen LogP contribution in [0.4, 0.5) is 5.69 Å². The van der Waals surface area contributed by atoms with Gasteiger partial charge in [-0.1, -0.05) is 30.3 Å². The number of ether oxygens (including phenoxy) is 1. The van der Waals surface area contributed by atoms with Gasteiger partial charge in [0.25, 0.3) is 0 Å². The molecule has 0 unspecified atom stereocenters. The number of benzene rings is 1. The Morgan fingerprint density at radius 1 is 1.36 bits per heavy atom. The highest BCUT2D eigenvalue weighted by Gasteiger charge is 2.08. The largest absolute Gasteiger partial charge is 0.460 e. The molecule has 0 aliphatic heterocycles. The van der Waals surface area contributed by atoms with Gasteiger partial charge in [0, 0.05) is 26.3 Å². The predicted octanol–water partition coefficient (Wildman–Crippen LogP) is 1.51. The number of aryl methyl sites for hydroxylation is 1. The zero-order valence-corrected chi connectivity index (χ0v) is 13.0. The van der Waals surface area contributed by atoms with Gasteiger partial charge in [-0.2, -0.15) is 5.10 Å². The number of carbonyl (C=O) groups excluding carboxylic acids is 1. The average molecular weight is 302 g/mol. The Labute approximate surface area is 130 Å². The van der Waals surface area contributed by atoms with E-state index in [4.69, 9.17) is 4.74 Å². The van der Waals surface area contributed by atoms with Crippen molar-refractivity contribution in [3.63, 3.8) is 0 Å². The Balaban J connectivity index is 1.61. The number of nitrogens with zero attached hydrogens (tertiary/aromatic N) is 3. The molecule has 22 heavy (non-hydrogen) atoms. The number of carbonyl (C=O) groups is 1. The van der Waals surface area contributed by atoms with Crippen LogP contribution in [0.25, 0.3) is 0 Å². The number of anilines is 1. The van der Waals surface area contributed by atoms with Crippen molar-refractivity contribution >= 4 is 11.7 Å². The van der Waals surface area contributed by atoms with E-state index in [1.54, 1.807) is 10.9 Å². The Hall–Kier alpha value is -2.34. The number of esters is 1. The summed E-state index contributed by atoms with van der Waals surface area (Å²) in [5, 5.41) is 7.33. The Morgan fingerprint density at radius 2 is 2.14 bits per heavy atom. The summed E-state index contributed by atoms with van der Waals surface area (Å²) in [5.74, 6) is -0.215. The Bertz CT molecular complexity index is 583. The van der Waals surface area contributed by atoms with E-state index in [0.29, 0.717) is 6.61 Å². The Morgan fingerprint density at radius 3 is 2.82 bits per heavy atom. The molecular weight excluding hydrogens is 280 g/mol. The molecule has 6 nitrogen and oxygen atoms in total. The summed E-state index contributed by atoms with van der Waals surface area (Å²) in [6.45, 7) is 2.09. The lowest BCUT2D eigenvalue weighted by Crippen LogP contribution is -2.31. The summed E-state index contributed by atoms with van der Waals surface area (Å²) in [6, 6.07) is 9.68. The van der Waals surface area contributed by atoms with Gasteiger partial charge in [-0.25, -0.2) is 0 Å². The molecule has 1 aromatic heterocycles. The first-order chi connectivity index (χ1) is 10.6. The number of rotatable bonds is 8. The van der Waals surface area contributed by atoms with Gasteiger partial charge in [0.05, 0.1) is 18.4 Å². The van der Waals surface area contributed by atoms with Gasteiger partial charge in [0.15, 0.2) is 0 Å². The summed E-state index contributed by atoms with van der Waals surface area (Å²) < 4.78 is 7.00. The molecule has 1 heterocycles. The van der Waals surface area contributed by atoms with Crippen molar-refractivity contribution in [1.82, 2.24) is 14.7 Å². The van der Waals surface area contributed by atoms with E-state index in [1.807, 2.05) is 55.5 Å². The van der Waals surface area contributed by atoms with Crippen LogP contribution < -0.4 is 5.32 Å². The third kappa shape index (κ3) is 5.57. The number of nitrogens with one attached hydrogen (secondary N) is 1. The van der Waals surface area contributed by atoms with Crippen molar-refractivity contribution < 1.29 is 9.53 Å². The Kier molecular flexibility index (Phi) is 5.97. The minimum atomic E-state index is -0.215. The molecule has 118 valence electrons. The molecule has 1 aromatic carbocycles. The van der Waals surface area contributed by atoms with Crippen LogP contribution in [-0.4, -0.2) is 47.3 Å². The maximum atomic E-state index is 11.8. The first-order valence-electron chi connectivity index (χ1n) is 7.24. The monoisotopic (exact) mass is 302 g/mol. The van der Waals surface area contributed by atoms with Gasteiger partial charge in [-0.3, -0.25) is 14.4 Å². The fourth-order valence-electron chi connectivity index (χ4n) is 1.99. The van der Waals surface area contributed by atoms with E-state index in [-0.39, 0.29) is 12.5 Å². The fourth-order valence-corrected chi connectivity index (χ4v) is 1.99. The smallest absolute Gasteiger partial charge is 0.320 e. The molecule has 0 bridgehead atoms. The molecule has 0 aliphatic carbocycles. The summed E-state index contributed by atoms with van der Waals surface area (Å²) in [6.07, 6.45) is 3.68. The molecular formula is C16H22N4O2. The molecule has 0 atom stereocenters. The molecule has 0 amide bonds. The van der Waals surface area contributed by atoms with Crippen LogP contribution in [0.3, 0.4) is 0 Å². The van der Waals surface area contributed by atoms with Crippen LogP contribution in [0, 0.1) is 0 Å². The molecule has 0 radical (unpaired) electrons. The normalized spacial score (nSPS) is 10.7. The second-order valence-electron chi connectivity index (χ2n) is 5.21. The standard InChI is InChI=1S/C16H22N4O2/c1-19(9-8-17-15-10-18-20(2)11-15)12-16(21)22-13-14-6-4-3-5-7-14/h3-7,10-11,17H,8-9,12-13H2,1-2H3. The van der Waals surface area contributed by atoms with E-state index in [2.05, 4.69) is 10.4 Å². The third-order valence-corrected chi connectivity index (χ3v) is 3.17. The molecule has 2 aromatic rings. The highest BCUT2D eigenvalue weighted by molar-refractivity contribution is 5.71. The highest BCUT2D eigenvalue weighted by atomic mass is 16.5. The molecule has 0 fully saturated rings. The van der Waals surface area contributed by atoms with Crippen LogP contribution in [0.15, 0.2) is 42.7 Å².